The molecule has 0 saturated carbocycles. The third-order valence-electron chi connectivity index (χ3n) is 16.3. The first-order chi connectivity index (χ1) is 35.0. The highest BCUT2D eigenvalue weighted by molar-refractivity contribution is 6.23. The Morgan fingerprint density at radius 2 is 0.901 bits per heavy atom. The van der Waals surface area contributed by atoms with Gasteiger partial charge in [0.05, 0.1) is 0 Å². The van der Waals surface area contributed by atoms with Crippen LogP contribution in [0.1, 0.15) is 60.9 Å². The van der Waals surface area contributed by atoms with Crippen LogP contribution in [-0.4, -0.2) is 0 Å². The summed E-state index contributed by atoms with van der Waals surface area (Å²) in [6, 6.07) is 78.4. The molecular weight excluding hydrogens is 857 g/mol. The molecule has 2 nitrogen and oxygen atoms in total. The first kappa shape index (κ1) is 41.7. The van der Waals surface area contributed by atoms with Gasteiger partial charge in [-0.3, -0.25) is 0 Å². The summed E-state index contributed by atoms with van der Waals surface area (Å²) >= 11 is 0. The second kappa shape index (κ2) is 16.5. The molecule has 0 N–H and O–H groups in total. The summed E-state index contributed by atoms with van der Waals surface area (Å²) in [7, 11) is 0. The third kappa shape index (κ3) is 6.69. The van der Waals surface area contributed by atoms with Gasteiger partial charge in [-0.05, 0) is 199 Å². The molecular formula is C69H54N2. The highest BCUT2D eigenvalue weighted by Crippen LogP contribution is 2.52. The number of benzene rings is 10. The molecule has 0 amide bonds. The number of allylic oxidation sites excluding steroid dienone is 3. The lowest BCUT2D eigenvalue weighted by Crippen LogP contribution is -2.18. The molecule has 4 aliphatic rings. The van der Waals surface area contributed by atoms with Crippen LogP contribution < -0.4 is 9.80 Å². The van der Waals surface area contributed by atoms with Gasteiger partial charge in [-0.25, -0.2) is 0 Å². The smallest absolute Gasteiger partial charge is 0.0493 e. The van der Waals surface area contributed by atoms with Crippen molar-refractivity contribution < 1.29 is 0 Å². The van der Waals surface area contributed by atoms with E-state index < -0.39 is 0 Å². The fourth-order valence-corrected chi connectivity index (χ4v) is 12.8. The topological polar surface area (TPSA) is 6.48 Å². The van der Waals surface area contributed by atoms with Crippen LogP contribution in [0.25, 0.3) is 66.1 Å². The number of nitrogens with zero attached hydrogens (tertiary/aromatic N) is 2. The van der Waals surface area contributed by atoms with E-state index in [4.69, 9.17) is 0 Å². The van der Waals surface area contributed by atoms with Gasteiger partial charge in [0.1, 0.15) is 0 Å². The van der Waals surface area contributed by atoms with E-state index in [2.05, 4.69) is 242 Å². The minimum atomic E-state index is -0.0873. The largest absolute Gasteiger partial charge is 0.310 e. The van der Waals surface area contributed by atoms with Crippen molar-refractivity contribution >= 4 is 50.0 Å². The molecule has 0 bridgehead atoms. The lowest BCUT2D eigenvalue weighted by molar-refractivity contribution is 0.660. The number of aryl methyl sites for hydroxylation is 3. The van der Waals surface area contributed by atoms with E-state index >= 15 is 0 Å². The van der Waals surface area contributed by atoms with E-state index in [0.29, 0.717) is 0 Å². The standard InChI is InChI=1S/C69H54N2/c1-69(2)61-26-11-10-25-55(61)56-38-35-51(42-62(56)69)50-23-16-24-52(41-50)68-58-40-37-53(70-63-27-12-6-17-45(63)31-32-46-18-7-13-28-64(46)70)43-59(58)67(49-21-4-3-5-22-49)57-39-36-54(44-60(57)68)71-65-29-14-8-19-47(65)33-34-48-20-9-15-30-66(48)71/h3-6,8-17,19-30,35-44H,7,18,31-34H2,1-2H3. The molecule has 2 aliphatic heterocycles. The SMILES string of the molecule is CC1(C)c2ccccc2-c2ccc(-c3cccc(-c4c5ccc(N6C7=C(CCC=C7)CCc7ccccc76)cc5c(-c5ccccc5)c5ccc(N6c7ccccc7CCc7ccccc76)cc45)c3)cc21. The van der Waals surface area contributed by atoms with Crippen molar-refractivity contribution in [3.8, 4) is 44.5 Å². The Hall–Kier alpha value is -8.20. The van der Waals surface area contributed by atoms with E-state index in [1.54, 1.807) is 5.57 Å². The van der Waals surface area contributed by atoms with Crippen molar-refractivity contribution in [2.45, 2.75) is 57.8 Å². The summed E-state index contributed by atoms with van der Waals surface area (Å²) in [6.07, 6.45) is 11.1. The van der Waals surface area contributed by atoms with Gasteiger partial charge < -0.3 is 9.80 Å². The maximum Gasteiger partial charge on any atom is 0.0493 e. The predicted octanol–water partition coefficient (Wildman–Crippen LogP) is 18.6. The first-order valence-corrected chi connectivity index (χ1v) is 25.6. The molecule has 0 atom stereocenters. The number of rotatable bonds is 5. The second-order valence-electron chi connectivity index (χ2n) is 20.6. The van der Waals surface area contributed by atoms with Crippen LogP contribution in [0.4, 0.5) is 28.4 Å². The normalized spacial score (nSPS) is 15.4. The van der Waals surface area contributed by atoms with Gasteiger partial charge in [-0.1, -0.05) is 172 Å². The Balaban J connectivity index is 1.05. The number of fused-ring (bicyclic) bond motifs is 8. The monoisotopic (exact) mass is 910 g/mol. The molecule has 0 aromatic heterocycles. The van der Waals surface area contributed by atoms with E-state index in [9.17, 15) is 0 Å². The summed E-state index contributed by atoms with van der Waals surface area (Å²) in [4.78, 5) is 5.09. The van der Waals surface area contributed by atoms with Crippen LogP contribution >= 0.6 is 0 Å². The second-order valence-corrected chi connectivity index (χ2v) is 20.6. The minimum Gasteiger partial charge on any atom is -0.310 e. The Morgan fingerprint density at radius 3 is 1.61 bits per heavy atom. The summed E-state index contributed by atoms with van der Waals surface area (Å²) in [5.41, 5.74) is 26.0. The molecule has 14 rings (SSSR count). The Bertz CT molecular complexity index is 3820. The molecule has 2 heteroatoms. The molecule has 2 heterocycles. The van der Waals surface area contributed by atoms with E-state index in [1.807, 2.05) is 0 Å². The number of para-hydroxylation sites is 3. The average Bonchev–Trinajstić information content (AvgIpc) is 3.54. The minimum absolute atomic E-state index is 0.0873. The molecule has 2 aliphatic carbocycles. The Labute approximate surface area is 417 Å². The van der Waals surface area contributed by atoms with Gasteiger partial charge in [0.15, 0.2) is 0 Å². The van der Waals surface area contributed by atoms with Crippen LogP contribution in [0.2, 0.25) is 0 Å². The van der Waals surface area contributed by atoms with Crippen molar-refractivity contribution in [1.29, 1.82) is 0 Å². The predicted molar refractivity (Wildman–Crippen MR) is 300 cm³/mol. The van der Waals surface area contributed by atoms with Crippen molar-refractivity contribution in [1.82, 2.24) is 0 Å². The first-order valence-electron chi connectivity index (χ1n) is 25.6. The van der Waals surface area contributed by atoms with Gasteiger partial charge in [0.2, 0.25) is 0 Å². The van der Waals surface area contributed by atoms with Crippen LogP contribution in [0, 0.1) is 0 Å². The zero-order valence-corrected chi connectivity index (χ0v) is 40.4. The maximum atomic E-state index is 2.57. The third-order valence-corrected chi connectivity index (χ3v) is 16.3. The quantitative estimate of drug-likeness (QED) is 0.159. The molecule has 0 fully saturated rings. The fraction of sp³-hybridized carbons (Fsp3) is 0.130. The number of hydrogen-bond donors (Lipinski definition) is 0. The average molecular weight is 911 g/mol. The van der Waals surface area contributed by atoms with Gasteiger partial charge in [-0.2, -0.15) is 0 Å². The molecule has 0 radical (unpaired) electrons. The van der Waals surface area contributed by atoms with Gasteiger partial charge in [-0.15, -0.1) is 0 Å². The Morgan fingerprint density at radius 1 is 0.366 bits per heavy atom. The zero-order valence-electron chi connectivity index (χ0n) is 40.4. The zero-order chi connectivity index (χ0) is 47.2. The summed E-state index contributed by atoms with van der Waals surface area (Å²) < 4.78 is 0. The summed E-state index contributed by atoms with van der Waals surface area (Å²) in [5.74, 6) is 0. The van der Waals surface area contributed by atoms with Gasteiger partial charge >= 0.3 is 0 Å². The number of anilines is 5. The van der Waals surface area contributed by atoms with Gasteiger partial charge in [0.25, 0.3) is 0 Å². The number of hydrogen-bond acceptors (Lipinski definition) is 2. The molecule has 0 unspecified atom stereocenters. The molecule has 0 saturated heterocycles. The van der Waals surface area contributed by atoms with Crippen LogP contribution in [0.5, 0.6) is 0 Å². The van der Waals surface area contributed by atoms with Crippen LogP contribution in [-0.2, 0) is 24.7 Å². The van der Waals surface area contributed by atoms with Crippen LogP contribution in [0.15, 0.2) is 230 Å². The molecule has 10 aromatic carbocycles. The van der Waals surface area contributed by atoms with E-state index in [0.717, 1.165) is 44.2 Å². The molecule has 340 valence electrons. The lowest BCUT2D eigenvalue weighted by atomic mass is 9.81. The molecule has 71 heavy (non-hydrogen) atoms. The maximum absolute atomic E-state index is 2.57. The lowest BCUT2D eigenvalue weighted by Gasteiger charge is -2.30. The van der Waals surface area contributed by atoms with E-state index in [-0.39, 0.29) is 5.41 Å². The van der Waals surface area contributed by atoms with E-state index in [1.165, 1.54) is 122 Å². The van der Waals surface area contributed by atoms with Crippen molar-refractivity contribution in [3.63, 3.8) is 0 Å². The highest BCUT2D eigenvalue weighted by Gasteiger charge is 2.35. The van der Waals surface area contributed by atoms with Crippen LogP contribution in [0.3, 0.4) is 0 Å². The molecule has 10 aromatic rings. The van der Waals surface area contributed by atoms with Crippen molar-refractivity contribution in [3.05, 3.63) is 257 Å². The van der Waals surface area contributed by atoms with Crippen molar-refractivity contribution in [2.24, 2.45) is 0 Å². The van der Waals surface area contributed by atoms with Crippen molar-refractivity contribution in [2.75, 3.05) is 9.80 Å². The summed E-state index contributed by atoms with van der Waals surface area (Å²) in [5, 5.41) is 4.98. The fourth-order valence-electron chi connectivity index (χ4n) is 12.8. The highest BCUT2D eigenvalue weighted by atomic mass is 15.2. The van der Waals surface area contributed by atoms with Gasteiger partial charge in [0, 0.05) is 39.5 Å². The summed E-state index contributed by atoms with van der Waals surface area (Å²) in [6.45, 7) is 4.76. The Kier molecular flexibility index (Phi) is 9.68. The molecule has 0 spiro atoms.